The first-order chi connectivity index (χ1) is 7.95. The van der Waals surface area contributed by atoms with Crippen molar-refractivity contribution in [1.29, 1.82) is 0 Å². The molecule has 2 N–H and O–H groups in total. The van der Waals surface area contributed by atoms with Crippen molar-refractivity contribution in [3.8, 4) is 0 Å². The third-order valence-electron chi connectivity index (χ3n) is 3.03. The van der Waals surface area contributed by atoms with E-state index in [1.807, 2.05) is 12.1 Å². The molecule has 0 bridgehead atoms. The van der Waals surface area contributed by atoms with Gasteiger partial charge in [0, 0.05) is 13.0 Å². The first-order valence-corrected chi connectivity index (χ1v) is 5.62. The quantitative estimate of drug-likeness (QED) is 0.785. The van der Waals surface area contributed by atoms with E-state index in [2.05, 4.69) is 0 Å². The molecule has 4 nitrogen and oxygen atoms in total. The maximum absolute atomic E-state index is 12.1. The fourth-order valence-corrected chi connectivity index (χ4v) is 2.03. The van der Waals surface area contributed by atoms with Crippen LogP contribution in [0.2, 0.25) is 0 Å². The largest absolute Gasteiger partial charge is 0.326 e. The van der Waals surface area contributed by atoms with Gasteiger partial charge in [-0.2, -0.15) is 0 Å². The molecule has 1 aromatic rings. The van der Waals surface area contributed by atoms with Gasteiger partial charge in [-0.1, -0.05) is 26.0 Å². The molecule has 1 saturated heterocycles. The average molecular weight is 232 g/mol. The highest BCUT2D eigenvalue weighted by atomic mass is 16.2. The van der Waals surface area contributed by atoms with Crippen molar-refractivity contribution >= 4 is 17.5 Å². The number of anilines is 1. The molecule has 1 aromatic carbocycles. The number of imide groups is 1. The van der Waals surface area contributed by atoms with Gasteiger partial charge in [-0.3, -0.25) is 14.5 Å². The Kier molecular flexibility index (Phi) is 2.75. The Balaban J connectivity index is 2.40. The molecule has 2 amide bonds. The molecular formula is C13H16N2O2. The fourth-order valence-electron chi connectivity index (χ4n) is 2.03. The van der Waals surface area contributed by atoms with E-state index in [9.17, 15) is 9.59 Å². The van der Waals surface area contributed by atoms with Crippen molar-refractivity contribution in [1.82, 2.24) is 0 Å². The molecular weight excluding hydrogens is 216 g/mol. The van der Waals surface area contributed by atoms with Crippen LogP contribution in [0.3, 0.4) is 0 Å². The molecule has 0 unspecified atom stereocenters. The van der Waals surface area contributed by atoms with Crippen LogP contribution >= 0.6 is 0 Å². The van der Waals surface area contributed by atoms with Crippen molar-refractivity contribution in [2.75, 3.05) is 4.90 Å². The van der Waals surface area contributed by atoms with E-state index in [0.29, 0.717) is 12.2 Å². The van der Waals surface area contributed by atoms with Gasteiger partial charge in [-0.05, 0) is 17.7 Å². The lowest BCUT2D eigenvalue weighted by atomic mass is 9.92. The zero-order valence-corrected chi connectivity index (χ0v) is 10.1. The summed E-state index contributed by atoms with van der Waals surface area (Å²) < 4.78 is 0. The van der Waals surface area contributed by atoms with E-state index >= 15 is 0 Å². The summed E-state index contributed by atoms with van der Waals surface area (Å²) in [5, 5.41) is 0. The molecule has 17 heavy (non-hydrogen) atoms. The maximum Gasteiger partial charge on any atom is 0.239 e. The van der Waals surface area contributed by atoms with Gasteiger partial charge in [0.25, 0.3) is 0 Å². The van der Waals surface area contributed by atoms with E-state index in [1.165, 1.54) is 4.90 Å². The van der Waals surface area contributed by atoms with Gasteiger partial charge in [0.1, 0.15) is 0 Å². The minimum atomic E-state index is -0.601. The highest BCUT2D eigenvalue weighted by Crippen LogP contribution is 2.35. The molecule has 90 valence electrons. The van der Waals surface area contributed by atoms with Gasteiger partial charge in [0.2, 0.25) is 11.8 Å². The molecule has 0 saturated carbocycles. The van der Waals surface area contributed by atoms with Crippen molar-refractivity contribution in [2.45, 2.75) is 26.8 Å². The van der Waals surface area contributed by atoms with E-state index in [-0.39, 0.29) is 18.2 Å². The normalized spacial score (nSPS) is 18.9. The Morgan fingerprint density at radius 3 is 2.59 bits per heavy atom. The fraction of sp³-hybridized carbons (Fsp3) is 0.385. The highest BCUT2D eigenvalue weighted by molar-refractivity contribution is 6.22. The van der Waals surface area contributed by atoms with Gasteiger partial charge in [0.05, 0.1) is 11.1 Å². The number of nitrogens with zero attached hydrogens (tertiary/aromatic N) is 1. The Morgan fingerprint density at radius 2 is 2.06 bits per heavy atom. The predicted molar refractivity (Wildman–Crippen MR) is 65.2 cm³/mol. The minimum absolute atomic E-state index is 0.142. The van der Waals surface area contributed by atoms with Gasteiger partial charge in [0.15, 0.2) is 0 Å². The second-order valence-corrected chi connectivity index (χ2v) is 4.97. The molecule has 0 radical (unpaired) electrons. The van der Waals surface area contributed by atoms with Crippen LogP contribution in [0, 0.1) is 5.41 Å². The first-order valence-electron chi connectivity index (χ1n) is 5.62. The van der Waals surface area contributed by atoms with E-state index in [1.54, 1.807) is 26.0 Å². The van der Waals surface area contributed by atoms with Crippen LogP contribution in [-0.4, -0.2) is 11.8 Å². The Labute approximate surface area is 100 Å². The number of nitrogens with two attached hydrogens (primary N) is 1. The van der Waals surface area contributed by atoms with Crippen LogP contribution in [0.4, 0.5) is 5.69 Å². The molecule has 4 heteroatoms. The lowest BCUT2D eigenvalue weighted by molar-refractivity contribution is -0.124. The molecule has 1 heterocycles. The highest BCUT2D eigenvalue weighted by Gasteiger charge is 2.45. The van der Waals surface area contributed by atoms with Gasteiger partial charge < -0.3 is 5.73 Å². The van der Waals surface area contributed by atoms with Crippen LogP contribution in [0.15, 0.2) is 24.3 Å². The Hall–Kier alpha value is -1.68. The summed E-state index contributed by atoms with van der Waals surface area (Å²) in [6.45, 7) is 3.98. The van der Waals surface area contributed by atoms with Crippen molar-refractivity contribution in [2.24, 2.45) is 11.1 Å². The lowest BCUT2D eigenvalue weighted by Gasteiger charge is -2.18. The number of amides is 2. The number of rotatable bonds is 2. The van der Waals surface area contributed by atoms with Crippen LogP contribution in [0.1, 0.15) is 25.8 Å². The summed E-state index contributed by atoms with van der Waals surface area (Å²) >= 11 is 0. The van der Waals surface area contributed by atoms with Crippen molar-refractivity contribution in [3.63, 3.8) is 0 Å². The van der Waals surface area contributed by atoms with Gasteiger partial charge in [-0.15, -0.1) is 0 Å². The topological polar surface area (TPSA) is 63.4 Å². The standard InChI is InChI=1S/C13H16N2O2/c1-13(2)7-11(16)15(12(13)17)10-5-3-4-9(6-10)8-14/h3-6H,7-8,14H2,1-2H3. The number of hydrogen-bond donors (Lipinski definition) is 1. The summed E-state index contributed by atoms with van der Waals surface area (Å²) in [7, 11) is 0. The minimum Gasteiger partial charge on any atom is -0.326 e. The van der Waals surface area contributed by atoms with E-state index in [0.717, 1.165) is 5.56 Å². The zero-order valence-electron chi connectivity index (χ0n) is 10.1. The number of carbonyl (C=O) groups is 2. The summed E-state index contributed by atoms with van der Waals surface area (Å²) in [5.41, 5.74) is 6.48. The van der Waals surface area contributed by atoms with Crippen LogP contribution in [0.25, 0.3) is 0 Å². The second-order valence-electron chi connectivity index (χ2n) is 4.97. The molecule has 0 aliphatic carbocycles. The summed E-state index contributed by atoms with van der Waals surface area (Å²) in [4.78, 5) is 25.2. The van der Waals surface area contributed by atoms with E-state index < -0.39 is 5.41 Å². The number of hydrogen-bond acceptors (Lipinski definition) is 3. The van der Waals surface area contributed by atoms with Gasteiger partial charge >= 0.3 is 0 Å². The molecule has 1 fully saturated rings. The second kappa shape index (κ2) is 3.96. The maximum atomic E-state index is 12.1. The summed E-state index contributed by atoms with van der Waals surface area (Å²) in [5.74, 6) is -0.286. The van der Waals surface area contributed by atoms with E-state index in [4.69, 9.17) is 5.73 Å². The zero-order chi connectivity index (χ0) is 12.6. The lowest BCUT2D eigenvalue weighted by Crippen LogP contribution is -2.33. The number of carbonyl (C=O) groups excluding carboxylic acids is 2. The third kappa shape index (κ3) is 1.96. The monoisotopic (exact) mass is 232 g/mol. The van der Waals surface area contributed by atoms with Crippen LogP contribution in [0.5, 0.6) is 0 Å². The summed E-state index contributed by atoms with van der Waals surface area (Å²) in [6, 6.07) is 7.23. The SMILES string of the molecule is CC1(C)CC(=O)N(c2cccc(CN)c2)C1=O. The third-order valence-corrected chi connectivity index (χ3v) is 3.03. The average Bonchev–Trinajstić information content (AvgIpc) is 2.48. The van der Waals surface area contributed by atoms with Crippen LogP contribution < -0.4 is 10.6 Å². The molecule has 0 aromatic heterocycles. The Morgan fingerprint density at radius 1 is 1.35 bits per heavy atom. The molecule has 1 aliphatic heterocycles. The molecule has 0 atom stereocenters. The number of benzene rings is 1. The molecule has 0 spiro atoms. The first kappa shape index (κ1) is 11.8. The summed E-state index contributed by atoms with van der Waals surface area (Å²) in [6.07, 6.45) is 0.263. The molecule has 1 aliphatic rings. The molecule has 2 rings (SSSR count). The Bertz CT molecular complexity index is 480. The van der Waals surface area contributed by atoms with Gasteiger partial charge in [-0.25, -0.2) is 0 Å². The predicted octanol–water partition coefficient (Wildman–Crippen LogP) is 1.43. The van der Waals surface area contributed by atoms with Crippen LogP contribution in [-0.2, 0) is 16.1 Å². The van der Waals surface area contributed by atoms with Crippen molar-refractivity contribution < 1.29 is 9.59 Å². The van der Waals surface area contributed by atoms with Crippen molar-refractivity contribution in [3.05, 3.63) is 29.8 Å². The smallest absolute Gasteiger partial charge is 0.239 e.